The third kappa shape index (κ3) is 9.83. The number of methoxy groups -OCH3 is 1. The number of esters is 1. The van der Waals surface area contributed by atoms with Crippen molar-refractivity contribution in [1.29, 1.82) is 0 Å². The number of carbonyl (C=O) groups excluding carboxylic acids is 3. The highest BCUT2D eigenvalue weighted by molar-refractivity contribution is 5.87. The molecule has 2 N–H and O–H groups in total. The quantitative estimate of drug-likeness (QED) is 0.344. The molecular weight excluding hydrogens is 552 g/mol. The molecule has 0 saturated carbocycles. The molecule has 11 nitrogen and oxygen atoms in total. The van der Waals surface area contributed by atoms with Gasteiger partial charge in [0, 0.05) is 17.5 Å². The molecule has 232 valence electrons. The van der Waals surface area contributed by atoms with E-state index in [1.54, 1.807) is 30.3 Å². The maximum Gasteiger partial charge on any atom is 0.407 e. The van der Waals surface area contributed by atoms with E-state index in [0.717, 1.165) is 5.92 Å². The minimum Gasteiger partial charge on any atom is -0.493 e. The molecule has 0 bridgehead atoms. The lowest BCUT2D eigenvalue weighted by Crippen LogP contribution is -2.46. The van der Waals surface area contributed by atoms with Crippen molar-refractivity contribution in [2.45, 2.75) is 53.5 Å². The van der Waals surface area contributed by atoms with Crippen LogP contribution in [0.5, 0.6) is 5.75 Å². The molecule has 0 aliphatic carbocycles. The lowest BCUT2D eigenvalue weighted by molar-refractivity contribution is -0.150. The summed E-state index contributed by atoms with van der Waals surface area (Å²) in [5, 5.41) is 2.44. The first kappa shape index (κ1) is 33.1. The van der Waals surface area contributed by atoms with Gasteiger partial charge in [0.1, 0.15) is 30.6 Å². The van der Waals surface area contributed by atoms with E-state index in [-0.39, 0.29) is 31.2 Å². The van der Waals surface area contributed by atoms with Crippen LogP contribution >= 0.6 is 0 Å². The Morgan fingerprint density at radius 1 is 1.09 bits per heavy atom. The Bertz CT molecular complexity index is 1460. The van der Waals surface area contributed by atoms with E-state index in [0.29, 0.717) is 47.4 Å². The van der Waals surface area contributed by atoms with Crippen molar-refractivity contribution >= 4 is 29.0 Å². The number of H-pyrrole nitrogens is 1. The van der Waals surface area contributed by atoms with Gasteiger partial charge in [-0.05, 0) is 43.0 Å². The maximum absolute atomic E-state index is 12.6. The normalized spacial score (nSPS) is 14.6. The molecule has 2 aromatic carbocycles. The molecule has 4 rings (SSSR count). The number of likely N-dealkylation sites (tertiary alicyclic amines) is 1. The summed E-state index contributed by atoms with van der Waals surface area (Å²) in [4.78, 5) is 57.8. The molecule has 0 spiro atoms. The maximum atomic E-state index is 12.6. The molecule has 1 saturated heterocycles. The van der Waals surface area contributed by atoms with Gasteiger partial charge in [-0.1, -0.05) is 58.9 Å². The summed E-state index contributed by atoms with van der Waals surface area (Å²) in [7, 11) is 1.28. The fraction of sp³-hybridized carbons (Fsp3) is 0.469. The largest absolute Gasteiger partial charge is 0.493 e. The SMILES string of the molecule is CC(C)C.COC(=O)C1CCCN1C(=O)CNC(=O)OCC(C)(C)COc1cccc(-c2nc3ccccc3[nH]c2=O)c1. The highest BCUT2D eigenvalue weighted by Gasteiger charge is 2.34. The number of fused-ring (bicyclic) bond motifs is 1. The van der Waals surface area contributed by atoms with Gasteiger partial charge >= 0.3 is 12.1 Å². The molecular formula is C32H42N4O7. The number of amides is 2. The third-order valence-electron chi connectivity index (χ3n) is 6.36. The van der Waals surface area contributed by atoms with Crippen LogP contribution in [0.1, 0.15) is 47.5 Å². The van der Waals surface area contributed by atoms with Gasteiger partial charge < -0.3 is 29.4 Å². The molecule has 1 aromatic heterocycles. The van der Waals surface area contributed by atoms with Crippen LogP contribution < -0.4 is 15.6 Å². The second kappa shape index (κ2) is 15.2. The van der Waals surface area contributed by atoms with Crippen molar-refractivity contribution in [3.05, 3.63) is 58.9 Å². The summed E-state index contributed by atoms with van der Waals surface area (Å²) < 4.78 is 16.0. The number of alkyl carbamates (subject to hydrolysis) is 1. The monoisotopic (exact) mass is 594 g/mol. The van der Waals surface area contributed by atoms with Crippen LogP contribution in [-0.2, 0) is 19.1 Å². The van der Waals surface area contributed by atoms with Gasteiger partial charge in [-0.25, -0.2) is 14.6 Å². The molecule has 1 fully saturated rings. The first-order chi connectivity index (χ1) is 20.4. The second-order valence-corrected chi connectivity index (χ2v) is 11.8. The number of aromatic amines is 1. The highest BCUT2D eigenvalue weighted by Crippen LogP contribution is 2.24. The molecule has 2 amide bonds. The second-order valence-electron chi connectivity index (χ2n) is 11.8. The standard InChI is InChI=1S/C28H32N4O7.C4H10/c1-28(2,17-39-27(36)29-15-23(33)32-13-7-12-22(32)26(35)37-3)16-38-19-9-6-8-18(14-19)24-25(34)31-21-11-5-4-10-20(21)30-24;1-4(2)3/h4-6,8-11,14,22H,7,12-13,15-17H2,1-3H3,(H,29,36)(H,31,34);4H,1-3H3. The van der Waals surface area contributed by atoms with Gasteiger partial charge in [0.2, 0.25) is 5.91 Å². The van der Waals surface area contributed by atoms with Gasteiger partial charge in [0.15, 0.2) is 0 Å². The number of aromatic nitrogens is 2. The van der Waals surface area contributed by atoms with Gasteiger partial charge in [0.05, 0.1) is 24.8 Å². The molecule has 1 aliphatic heterocycles. The van der Waals surface area contributed by atoms with Crippen LogP contribution in [0.3, 0.4) is 0 Å². The van der Waals surface area contributed by atoms with E-state index in [4.69, 9.17) is 14.2 Å². The summed E-state index contributed by atoms with van der Waals surface area (Å²) in [6.45, 7) is 10.7. The predicted molar refractivity (Wildman–Crippen MR) is 164 cm³/mol. The Morgan fingerprint density at radius 2 is 1.81 bits per heavy atom. The Balaban J connectivity index is 0.00000119. The number of nitrogens with zero attached hydrogens (tertiary/aromatic N) is 2. The van der Waals surface area contributed by atoms with Gasteiger partial charge in [0.25, 0.3) is 5.56 Å². The zero-order valence-electron chi connectivity index (χ0n) is 25.8. The van der Waals surface area contributed by atoms with Crippen molar-refractivity contribution in [1.82, 2.24) is 20.2 Å². The van der Waals surface area contributed by atoms with Crippen LogP contribution in [0.15, 0.2) is 53.3 Å². The van der Waals surface area contributed by atoms with E-state index in [1.165, 1.54) is 12.0 Å². The first-order valence-electron chi connectivity index (χ1n) is 14.4. The molecule has 1 aliphatic rings. The van der Waals surface area contributed by atoms with Crippen LogP contribution in [0, 0.1) is 11.3 Å². The molecule has 1 atom stereocenters. The van der Waals surface area contributed by atoms with Crippen LogP contribution in [0.2, 0.25) is 0 Å². The Morgan fingerprint density at radius 3 is 2.53 bits per heavy atom. The number of para-hydroxylation sites is 2. The summed E-state index contributed by atoms with van der Waals surface area (Å²) in [6, 6.07) is 13.8. The topological polar surface area (TPSA) is 140 Å². The number of benzene rings is 2. The first-order valence-corrected chi connectivity index (χ1v) is 14.4. The van der Waals surface area contributed by atoms with Gasteiger partial charge in [-0.15, -0.1) is 0 Å². The number of carbonyl (C=O) groups is 3. The fourth-order valence-corrected chi connectivity index (χ4v) is 4.29. The number of ether oxygens (including phenoxy) is 3. The van der Waals surface area contributed by atoms with E-state index in [2.05, 4.69) is 36.1 Å². The Labute approximate surface area is 251 Å². The van der Waals surface area contributed by atoms with Crippen molar-refractivity contribution in [2.75, 3.05) is 33.4 Å². The number of nitrogens with one attached hydrogen (secondary N) is 2. The summed E-state index contributed by atoms with van der Waals surface area (Å²) >= 11 is 0. The lowest BCUT2D eigenvalue weighted by Gasteiger charge is -2.25. The third-order valence-corrected chi connectivity index (χ3v) is 6.36. The fourth-order valence-electron chi connectivity index (χ4n) is 4.29. The molecule has 1 unspecified atom stereocenters. The highest BCUT2D eigenvalue weighted by atomic mass is 16.6. The number of rotatable bonds is 9. The average molecular weight is 595 g/mol. The zero-order chi connectivity index (χ0) is 31.6. The van der Waals surface area contributed by atoms with Crippen molar-refractivity contribution < 1.29 is 28.6 Å². The van der Waals surface area contributed by atoms with Gasteiger partial charge in [-0.2, -0.15) is 0 Å². The number of hydrogen-bond acceptors (Lipinski definition) is 8. The molecule has 11 heteroatoms. The van der Waals surface area contributed by atoms with E-state index < -0.39 is 23.5 Å². The van der Waals surface area contributed by atoms with Crippen molar-refractivity contribution in [2.24, 2.45) is 11.3 Å². The van der Waals surface area contributed by atoms with E-state index in [1.807, 2.05) is 32.0 Å². The van der Waals surface area contributed by atoms with E-state index in [9.17, 15) is 19.2 Å². The Hall–Kier alpha value is -4.41. The minimum atomic E-state index is -0.742. The van der Waals surface area contributed by atoms with Gasteiger partial charge in [-0.3, -0.25) is 9.59 Å². The lowest BCUT2D eigenvalue weighted by atomic mass is 9.96. The van der Waals surface area contributed by atoms with Crippen molar-refractivity contribution in [3.63, 3.8) is 0 Å². The van der Waals surface area contributed by atoms with Crippen LogP contribution in [0.4, 0.5) is 4.79 Å². The van der Waals surface area contributed by atoms with Crippen LogP contribution in [0.25, 0.3) is 22.3 Å². The molecule has 43 heavy (non-hydrogen) atoms. The summed E-state index contributed by atoms with van der Waals surface area (Å²) in [6.07, 6.45) is 0.492. The molecule has 2 heterocycles. The van der Waals surface area contributed by atoms with E-state index >= 15 is 0 Å². The Kier molecular flexibility index (Phi) is 11.7. The summed E-state index contributed by atoms with van der Waals surface area (Å²) in [5.74, 6) is 0.536. The average Bonchev–Trinajstić information content (AvgIpc) is 3.47. The van der Waals surface area contributed by atoms with Crippen LogP contribution in [-0.4, -0.2) is 72.3 Å². The smallest absolute Gasteiger partial charge is 0.407 e. The zero-order valence-corrected chi connectivity index (χ0v) is 25.8. The molecule has 3 aromatic rings. The molecule has 0 radical (unpaired) electrons. The minimum absolute atomic E-state index is 0.0348. The van der Waals surface area contributed by atoms with Crippen molar-refractivity contribution in [3.8, 4) is 17.0 Å². The predicted octanol–water partition coefficient (Wildman–Crippen LogP) is 4.55. The number of hydrogen-bond donors (Lipinski definition) is 2. The summed E-state index contributed by atoms with van der Waals surface area (Å²) in [5.41, 5.74) is 1.40.